The quantitative estimate of drug-likeness (QED) is 0.867. The molecule has 0 bridgehead atoms. The van der Waals surface area contributed by atoms with E-state index in [0.29, 0.717) is 0 Å². The molecule has 1 N–H and O–H groups in total. The molecule has 2 aromatic rings. The van der Waals surface area contributed by atoms with E-state index in [2.05, 4.69) is 38.2 Å². The summed E-state index contributed by atoms with van der Waals surface area (Å²) in [4.78, 5) is 2.76. The zero-order valence-electron chi connectivity index (χ0n) is 11.5. The number of rotatable bonds is 5. The van der Waals surface area contributed by atoms with Crippen LogP contribution >= 0.6 is 11.3 Å². The molecule has 0 saturated carbocycles. The van der Waals surface area contributed by atoms with Gasteiger partial charge in [-0.2, -0.15) is 0 Å². The molecule has 1 atom stereocenters. The zero-order valence-corrected chi connectivity index (χ0v) is 12.4. The summed E-state index contributed by atoms with van der Waals surface area (Å²) in [7, 11) is 0. The maximum absolute atomic E-state index is 5.46. The maximum atomic E-state index is 5.46. The molecule has 0 aliphatic rings. The van der Waals surface area contributed by atoms with Gasteiger partial charge in [-0.3, -0.25) is 0 Å². The average Bonchev–Trinajstić information content (AvgIpc) is 2.87. The van der Waals surface area contributed by atoms with Gasteiger partial charge in [-0.05, 0) is 51.4 Å². The van der Waals surface area contributed by atoms with Crippen LogP contribution in [0.5, 0.6) is 0 Å². The molecule has 2 aromatic heterocycles. The Balaban J connectivity index is 2.37. The summed E-state index contributed by atoms with van der Waals surface area (Å²) in [5.74, 6) is 1.01. The van der Waals surface area contributed by atoms with Gasteiger partial charge < -0.3 is 9.73 Å². The lowest BCUT2D eigenvalue weighted by molar-refractivity contribution is 0.517. The Labute approximate surface area is 113 Å². The fourth-order valence-corrected chi connectivity index (χ4v) is 3.27. The Morgan fingerprint density at radius 2 is 2.06 bits per heavy atom. The molecule has 1 unspecified atom stereocenters. The second-order valence-electron chi connectivity index (χ2n) is 4.69. The van der Waals surface area contributed by atoms with Crippen LogP contribution in [-0.4, -0.2) is 6.54 Å². The molecule has 0 saturated heterocycles. The topological polar surface area (TPSA) is 25.2 Å². The van der Waals surface area contributed by atoms with Gasteiger partial charge in [-0.1, -0.05) is 6.92 Å². The molecular weight excluding hydrogens is 242 g/mol. The third-order valence-corrected chi connectivity index (χ3v) is 4.18. The minimum absolute atomic E-state index is 0.258. The van der Waals surface area contributed by atoms with Gasteiger partial charge in [0, 0.05) is 15.3 Å². The van der Waals surface area contributed by atoms with Gasteiger partial charge in [0.15, 0.2) is 0 Å². The first-order valence-electron chi connectivity index (χ1n) is 6.47. The Bertz CT molecular complexity index is 512. The van der Waals surface area contributed by atoms with Gasteiger partial charge in [0.1, 0.15) is 5.76 Å². The van der Waals surface area contributed by atoms with Crippen LogP contribution < -0.4 is 5.32 Å². The number of furan rings is 1. The summed E-state index contributed by atoms with van der Waals surface area (Å²) in [6.07, 6.45) is 2.91. The lowest BCUT2D eigenvalue weighted by atomic mass is 9.99. The van der Waals surface area contributed by atoms with E-state index in [9.17, 15) is 0 Å². The minimum atomic E-state index is 0.258. The van der Waals surface area contributed by atoms with Gasteiger partial charge in [0.25, 0.3) is 0 Å². The van der Waals surface area contributed by atoms with Crippen LogP contribution in [0.1, 0.15) is 46.0 Å². The Morgan fingerprint density at radius 3 is 2.56 bits per heavy atom. The van der Waals surface area contributed by atoms with Crippen molar-refractivity contribution < 1.29 is 4.42 Å². The molecule has 2 rings (SSSR count). The highest BCUT2D eigenvalue weighted by molar-refractivity contribution is 7.12. The average molecular weight is 263 g/mol. The van der Waals surface area contributed by atoms with Crippen molar-refractivity contribution in [3.05, 3.63) is 45.0 Å². The first kappa shape index (κ1) is 13.4. The lowest BCUT2D eigenvalue weighted by Gasteiger charge is -2.18. The normalized spacial score (nSPS) is 12.9. The van der Waals surface area contributed by atoms with Crippen LogP contribution in [0.2, 0.25) is 0 Å². The van der Waals surface area contributed by atoms with Gasteiger partial charge in [0.05, 0.1) is 12.3 Å². The van der Waals surface area contributed by atoms with Crippen LogP contribution in [0.15, 0.2) is 22.8 Å². The van der Waals surface area contributed by atoms with Gasteiger partial charge in [-0.25, -0.2) is 0 Å². The van der Waals surface area contributed by atoms with Crippen molar-refractivity contribution in [2.45, 2.75) is 40.2 Å². The van der Waals surface area contributed by atoms with Crippen LogP contribution in [0.3, 0.4) is 0 Å². The summed E-state index contributed by atoms with van der Waals surface area (Å²) < 4.78 is 5.46. The SMILES string of the molecule is CCCNC(c1ccoc1C)c1cc(C)sc1C. The fraction of sp³-hybridized carbons (Fsp3) is 0.467. The molecule has 2 nitrogen and oxygen atoms in total. The summed E-state index contributed by atoms with van der Waals surface area (Å²) in [5, 5.41) is 3.63. The molecule has 0 spiro atoms. The van der Waals surface area contributed by atoms with Crippen molar-refractivity contribution in [3.63, 3.8) is 0 Å². The largest absolute Gasteiger partial charge is 0.469 e. The Morgan fingerprint density at radius 1 is 1.28 bits per heavy atom. The van der Waals surface area contributed by atoms with E-state index in [1.807, 2.05) is 18.3 Å². The lowest BCUT2D eigenvalue weighted by Crippen LogP contribution is -2.23. The fourth-order valence-electron chi connectivity index (χ4n) is 2.31. The van der Waals surface area contributed by atoms with E-state index < -0.39 is 0 Å². The number of nitrogens with one attached hydrogen (secondary N) is 1. The molecule has 0 amide bonds. The molecule has 98 valence electrons. The Hall–Kier alpha value is -1.06. The van der Waals surface area contributed by atoms with Crippen LogP contribution in [0.25, 0.3) is 0 Å². The predicted octanol–water partition coefficient (Wildman–Crippen LogP) is 4.36. The van der Waals surface area contributed by atoms with Crippen molar-refractivity contribution >= 4 is 11.3 Å². The smallest absolute Gasteiger partial charge is 0.105 e. The summed E-state index contributed by atoms with van der Waals surface area (Å²) in [5.41, 5.74) is 2.64. The summed E-state index contributed by atoms with van der Waals surface area (Å²) in [6.45, 7) is 9.61. The molecule has 0 aliphatic heterocycles. The van der Waals surface area contributed by atoms with Crippen molar-refractivity contribution in [2.75, 3.05) is 6.54 Å². The van der Waals surface area contributed by atoms with E-state index in [4.69, 9.17) is 4.42 Å². The molecule has 0 fully saturated rings. The molecule has 0 radical (unpaired) electrons. The van der Waals surface area contributed by atoms with Crippen LogP contribution in [0, 0.1) is 20.8 Å². The number of aryl methyl sites for hydroxylation is 3. The second kappa shape index (κ2) is 5.72. The van der Waals surface area contributed by atoms with Crippen molar-refractivity contribution in [1.29, 1.82) is 0 Å². The maximum Gasteiger partial charge on any atom is 0.105 e. The summed E-state index contributed by atoms with van der Waals surface area (Å²) in [6, 6.07) is 4.63. The first-order valence-corrected chi connectivity index (χ1v) is 7.29. The third-order valence-electron chi connectivity index (χ3n) is 3.20. The molecule has 18 heavy (non-hydrogen) atoms. The first-order chi connectivity index (χ1) is 8.63. The van der Waals surface area contributed by atoms with E-state index in [0.717, 1.165) is 18.7 Å². The zero-order chi connectivity index (χ0) is 13.1. The standard InChI is InChI=1S/C15H21NOS/c1-5-7-16-15(13-6-8-17-11(13)3)14-9-10(2)18-12(14)4/h6,8-9,15-16H,5,7H2,1-4H3. The molecule has 3 heteroatoms. The third kappa shape index (κ3) is 2.68. The highest BCUT2D eigenvalue weighted by atomic mass is 32.1. The van der Waals surface area contributed by atoms with Gasteiger partial charge in [-0.15, -0.1) is 11.3 Å². The van der Waals surface area contributed by atoms with Crippen molar-refractivity contribution in [1.82, 2.24) is 5.32 Å². The van der Waals surface area contributed by atoms with E-state index in [1.165, 1.54) is 20.9 Å². The number of thiophene rings is 1. The van der Waals surface area contributed by atoms with E-state index in [-0.39, 0.29) is 6.04 Å². The van der Waals surface area contributed by atoms with Crippen molar-refractivity contribution in [2.24, 2.45) is 0 Å². The molecular formula is C15H21NOS. The van der Waals surface area contributed by atoms with Gasteiger partial charge >= 0.3 is 0 Å². The van der Waals surface area contributed by atoms with Crippen LogP contribution in [0.4, 0.5) is 0 Å². The van der Waals surface area contributed by atoms with E-state index in [1.54, 1.807) is 6.26 Å². The minimum Gasteiger partial charge on any atom is -0.469 e. The molecule has 2 heterocycles. The van der Waals surface area contributed by atoms with E-state index >= 15 is 0 Å². The molecule has 0 aromatic carbocycles. The highest BCUT2D eigenvalue weighted by Crippen LogP contribution is 2.32. The van der Waals surface area contributed by atoms with Crippen LogP contribution in [-0.2, 0) is 0 Å². The second-order valence-corrected chi connectivity index (χ2v) is 6.15. The molecule has 0 aliphatic carbocycles. The number of hydrogen-bond donors (Lipinski definition) is 1. The predicted molar refractivity (Wildman–Crippen MR) is 77.4 cm³/mol. The Kier molecular flexibility index (Phi) is 4.25. The number of hydrogen-bond acceptors (Lipinski definition) is 3. The monoisotopic (exact) mass is 263 g/mol. The summed E-state index contributed by atoms with van der Waals surface area (Å²) >= 11 is 1.86. The van der Waals surface area contributed by atoms with Gasteiger partial charge in [0.2, 0.25) is 0 Å². The highest BCUT2D eigenvalue weighted by Gasteiger charge is 2.20. The van der Waals surface area contributed by atoms with Crippen molar-refractivity contribution in [3.8, 4) is 0 Å².